The van der Waals surface area contributed by atoms with Gasteiger partial charge >= 0.3 is 0 Å². The third-order valence-electron chi connectivity index (χ3n) is 1.59. The molecule has 0 fully saturated rings. The van der Waals surface area contributed by atoms with E-state index >= 15 is 0 Å². The first-order valence-electron chi connectivity index (χ1n) is 3.39. The summed E-state index contributed by atoms with van der Waals surface area (Å²) in [5, 5.41) is 2.59. The molecule has 0 aliphatic rings. The fraction of sp³-hybridized carbons (Fsp3) is 0.222. The molecule has 0 amide bonds. The van der Waals surface area contributed by atoms with Crippen LogP contribution in [0.5, 0.6) is 5.75 Å². The lowest BCUT2D eigenvalue weighted by molar-refractivity contribution is 0.414. The van der Waals surface area contributed by atoms with Crippen LogP contribution in [0.4, 0.5) is 5.69 Å². The van der Waals surface area contributed by atoms with E-state index in [1.807, 2.05) is 25.1 Å². The molecule has 2 radical (unpaired) electrons. The molecular weight excluding hydrogens is 138 g/mol. The minimum absolute atomic E-state index is 0.849. The fourth-order valence-electron chi connectivity index (χ4n) is 0.925. The van der Waals surface area contributed by atoms with Gasteiger partial charge in [0.2, 0.25) is 0 Å². The van der Waals surface area contributed by atoms with Gasteiger partial charge in [0, 0.05) is 5.69 Å². The SMILES string of the molecule is [CH]Nc1ccc(OC)cc1C. The maximum absolute atomic E-state index is 5.25. The second kappa shape index (κ2) is 3.28. The molecule has 2 nitrogen and oxygen atoms in total. The van der Waals surface area contributed by atoms with Gasteiger partial charge in [-0.15, -0.1) is 0 Å². The molecule has 0 unspecified atom stereocenters. The summed E-state index contributed by atoms with van der Waals surface area (Å²) in [6, 6.07) is 5.67. The minimum atomic E-state index is 0.849. The molecule has 0 aliphatic carbocycles. The van der Waals surface area contributed by atoms with Gasteiger partial charge in [0.05, 0.1) is 14.2 Å². The summed E-state index contributed by atoms with van der Waals surface area (Å²) in [4.78, 5) is 0. The van der Waals surface area contributed by atoms with Crippen LogP contribution in [-0.2, 0) is 0 Å². The number of hydrogen-bond acceptors (Lipinski definition) is 2. The number of benzene rings is 1. The largest absolute Gasteiger partial charge is 0.497 e. The summed E-state index contributed by atoms with van der Waals surface area (Å²) >= 11 is 0. The lowest BCUT2D eigenvalue weighted by Gasteiger charge is -2.05. The van der Waals surface area contributed by atoms with Crippen molar-refractivity contribution in [3.05, 3.63) is 30.8 Å². The molecule has 1 rings (SSSR count). The molecular formula is C9H11NO. The molecule has 0 aromatic heterocycles. The average molecular weight is 149 g/mol. The van der Waals surface area contributed by atoms with Crippen molar-refractivity contribution >= 4 is 5.69 Å². The van der Waals surface area contributed by atoms with E-state index in [-0.39, 0.29) is 0 Å². The standard InChI is InChI=1S/C9H11NO/c1-7-6-8(11-3)4-5-9(7)10-2/h2,4-6,10H,1,3H3. The van der Waals surface area contributed by atoms with Gasteiger partial charge in [-0.2, -0.15) is 0 Å². The van der Waals surface area contributed by atoms with E-state index in [4.69, 9.17) is 11.8 Å². The number of nitrogens with one attached hydrogen (secondary N) is 1. The van der Waals surface area contributed by atoms with Crippen molar-refractivity contribution in [2.45, 2.75) is 6.92 Å². The Balaban J connectivity index is 2.99. The smallest absolute Gasteiger partial charge is 0.119 e. The van der Waals surface area contributed by atoms with Crippen molar-refractivity contribution in [3.63, 3.8) is 0 Å². The monoisotopic (exact) mass is 149 g/mol. The van der Waals surface area contributed by atoms with Gasteiger partial charge in [-0.1, -0.05) is 0 Å². The number of aryl methyl sites for hydroxylation is 1. The third-order valence-corrected chi connectivity index (χ3v) is 1.59. The van der Waals surface area contributed by atoms with Crippen molar-refractivity contribution in [1.29, 1.82) is 0 Å². The number of hydrogen-bond donors (Lipinski definition) is 1. The molecule has 0 saturated heterocycles. The van der Waals surface area contributed by atoms with Crippen molar-refractivity contribution < 1.29 is 4.74 Å². The zero-order chi connectivity index (χ0) is 8.27. The van der Waals surface area contributed by atoms with E-state index in [9.17, 15) is 0 Å². The Labute approximate surface area is 67.2 Å². The van der Waals surface area contributed by atoms with Crippen LogP contribution in [0.1, 0.15) is 5.56 Å². The lowest BCUT2D eigenvalue weighted by Crippen LogP contribution is -1.90. The first kappa shape index (κ1) is 7.92. The van der Waals surface area contributed by atoms with Crippen LogP contribution >= 0.6 is 0 Å². The summed E-state index contributed by atoms with van der Waals surface area (Å²) in [6.45, 7) is 1.97. The first-order chi connectivity index (χ1) is 5.27. The molecule has 0 atom stereocenters. The van der Waals surface area contributed by atoms with E-state index in [1.54, 1.807) is 7.11 Å². The molecule has 1 aromatic carbocycles. The topological polar surface area (TPSA) is 21.3 Å². The Morgan fingerprint density at radius 1 is 1.45 bits per heavy atom. The number of anilines is 1. The predicted octanol–water partition coefficient (Wildman–Crippen LogP) is 2.08. The molecule has 1 N–H and O–H groups in total. The van der Waals surface area contributed by atoms with Crippen molar-refractivity contribution in [2.75, 3.05) is 12.4 Å². The molecule has 1 aromatic rings. The average Bonchev–Trinajstić information content (AvgIpc) is 2.04. The van der Waals surface area contributed by atoms with Crippen LogP contribution in [0.2, 0.25) is 0 Å². The van der Waals surface area contributed by atoms with Crippen molar-refractivity contribution in [1.82, 2.24) is 0 Å². The molecule has 0 spiro atoms. The highest BCUT2D eigenvalue weighted by atomic mass is 16.5. The molecule has 0 saturated carbocycles. The van der Waals surface area contributed by atoms with Crippen LogP contribution in [-0.4, -0.2) is 7.11 Å². The van der Waals surface area contributed by atoms with Crippen LogP contribution in [0.25, 0.3) is 0 Å². The van der Waals surface area contributed by atoms with Crippen LogP contribution in [0.3, 0.4) is 0 Å². The van der Waals surface area contributed by atoms with Gasteiger partial charge in [-0.25, -0.2) is 0 Å². The Morgan fingerprint density at radius 3 is 2.64 bits per heavy atom. The molecule has 58 valence electrons. The summed E-state index contributed by atoms with van der Waals surface area (Å²) in [5.41, 5.74) is 2.00. The van der Waals surface area contributed by atoms with Gasteiger partial charge < -0.3 is 10.1 Å². The second-order valence-electron chi connectivity index (χ2n) is 2.33. The normalized spacial score (nSPS) is 9.36. The summed E-state index contributed by atoms with van der Waals surface area (Å²) in [7, 11) is 6.89. The quantitative estimate of drug-likeness (QED) is 0.650. The highest BCUT2D eigenvalue weighted by Crippen LogP contribution is 2.20. The zero-order valence-electron chi connectivity index (χ0n) is 6.72. The van der Waals surface area contributed by atoms with Gasteiger partial charge in [0.25, 0.3) is 0 Å². The number of methoxy groups -OCH3 is 1. The maximum Gasteiger partial charge on any atom is 0.119 e. The Morgan fingerprint density at radius 2 is 2.18 bits per heavy atom. The molecule has 0 aliphatic heterocycles. The summed E-state index contributed by atoms with van der Waals surface area (Å²) in [6.07, 6.45) is 0. The number of ether oxygens (including phenoxy) is 1. The Hall–Kier alpha value is -1.18. The van der Waals surface area contributed by atoms with Gasteiger partial charge in [-0.05, 0) is 30.7 Å². The second-order valence-corrected chi connectivity index (χ2v) is 2.33. The number of rotatable bonds is 2. The molecule has 0 bridgehead atoms. The highest BCUT2D eigenvalue weighted by molar-refractivity contribution is 5.53. The van der Waals surface area contributed by atoms with E-state index in [1.165, 1.54) is 0 Å². The van der Waals surface area contributed by atoms with E-state index in [0.717, 1.165) is 17.0 Å². The molecule has 11 heavy (non-hydrogen) atoms. The van der Waals surface area contributed by atoms with Crippen molar-refractivity contribution in [2.24, 2.45) is 0 Å². The summed E-state index contributed by atoms with van der Waals surface area (Å²) < 4.78 is 5.03. The fourth-order valence-corrected chi connectivity index (χ4v) is 0.925. The first-order valence-corrected chi connectivity index (χ1v) is 3.39. The van der Waals surface area contributed by atoms with E-state index < -0.39 is 0 Å². The molecule has 0 heterocycles. The van der Waals surface area contributed by atoms with Gasteiger partial charge in [0.1, 0.15) is 5.75 Å². The summed E-state index contributed by atoms with van der Waals surface area (Å²) in [5.74, 6) is 0.849. The van der Waals surface area contributed by atoms with Crippen LogP contribution in [0.15, 0.2) is 18.2 Å². The van der Waals surface area contributed by atoms with Crippen molar-refractivity contribution in [3.8, 4) is 5.75 Å². The third kappa shape index (κ3) is 1.64. The Kier molecular flexibility index (Phi) is 2.36. The minimum Gasteiger partial charge on any atom is -0.497 e. The highest BCUT2D eigenvalue weighted by Gasteiger charge is 1.96. The molecule has 2 heteroatoms. The van der Waals surface area contributed by atoms with E-state index in [0.29, 0.717) is 0 Å². The van der Waals surface area contributed by atoms with E-state index in [2.05, 4.69) is 5.32 Å². The predicted molar refractivity (Wildman–Crippen MR) is 45.7 cm³/mol. The van der Waals surface area contributed by atoms with Gasteiger partial charge in [0.15, 0.2) is 0 Å². The zero-order valence-corrected chi connectivity index (χ0v) is 6.72. The lowest BCUT2D eigenvalue weighted by atomic mass is 10.2. The maximum atomic E-state index is 5.25. The Bertz CT molecular complexity index is 245. The van der Waals surface area contributed by atoms with Crippen LogP contribution < -0.4 is 10.1 Å². The van der Waals surface area contributed by atoms with Crippen LogP contribution in [0, 0.1) is 14.0 Å². The van der Waals surface area contributed by atoms with Gasteiger partial charge in [-0.3, -0.25) is 0 Å².